The molecule has 2 heterocycles. The molecule has 0 radical (unpaired) electrons. The van der Waals surface area contributed by atoms with Gasteiger partial charge in [-0.1, -0.05) is 97.4 Å². The number of nitrogens with zero attached hydrogens (tertiary/aromatic N) is 4. The summed E-state index contributed by atoms with van der Waals surface area (Å²) in [5.74, 6) is -0.704. The molecule has 14 heteroatoms. The SMILES string of the molecule is CC[C@H](C)[C@@H]([C@@H](CC(=O)N1CCC[C@H]1[C@H](OC)[C@@H](C)C(=O)N[C@@H](Cc1ccccc1)c1nccs1)OC)N(C)C(=O)[C@@H](NC(=O)[C@H](C(C)C)N(C)CCc1ccc(OC(C)C)cc1)C(C)C. The van der Waals surface area contributed by atoms with Gasteiger partial charge in [-0.15, -0.1) is 11.3 Å². The first-order chi connectivity index (χ1) is 31.4. The number of amides is 4. The lowest BCUT2D eigenvalue weighted by atomic mass is 9.89. The van der Waals surface area contributed by atoms with Crippen molar-refractivity contribution in [3.63, 3.8) is 0 Å². The minimum absolute atomic E-state index is 0.0150. The number of hydrogen-bond acceptors (Lipinski definition) is 10. The van der Waals surface area contributed by atoms with Gasteiger partial charge in [0.25, 0.3) is 0 Å². The molecule has 1 aliphatic rings. The minimum atomic E-state index is -0.800. The molecular weight excluding hydrogens is 853 g/mol. The first-order valence-corrected chi connectivity index (χ1v) is 24.9. The molecule has 1 fully saturated rings. The summed E-state index contributed by atoms with van der Waals surface area (Å²) >= 11 is 1.51. The standard InChI is InChI=1S/C52H80N6O7S/c1-14-36(8)47(57(11)52(62)45(33(2)3)55-50(61)46(34(4)5)56(10)29-26-38-22-24-40(25-23-38)65-35(6)7)43(63-12)32-44(59)58-28-18-21-42(58)48(64-13)37(9)49(60)54-41(51-53-27-30-66-51)31-39-19-16-15-17-20-39/h15-17,19-20,22-25,27,30,33-37,41-43,45-48H,14,18,21,26,28-29,31-32H2,1-13H3,(H,54,60)(H,55,61)/t36-,37+,41-,42-,43+,45-,46-,47-,48+/m0/s1. The van der Waals surface area contributed by atoms with Crippen molar-refractivity contribution < 1.29 is 33.4 Å². The van der Waals surface area contributed by atoms with Crippen LogP contribution in [0.1, 0.15) is 110 Å². The van der Waals surface area contributed by atoms with Crippen molar-refractivity contribution >= 4 is 35.0 Å². The van der Waals surface area contributed by atoms with Crippen LogP contribution in [0.2, 0.25) is 0 Å². The monoisotopic (exact) mass is 933 g/mol. The van der Waals surface area contributed by atoms with Crippen molar-refractivity contribution in [2.45, 2.75) is 149 Å². The predicted molar refractivity (Wildman–Crippen MR) is 263 cm³/mol. The highest BCUT2D eigenvalue weighted by Crippen LogP contribution is 2.31. The van der Waals surface area contributed by atoms with E-state index in [1.807, 2.05) is 108 Å². The highest BCUT2D eigenvalue weighted by molar-refractivity contribution is 7.09. The van der Waals surface area contributed by atoms with E-state index in [0.29, 0.717) is 25.9 Å². The van der Waals surface area contributed by atoms with Crippen LogP contribution in [0.5, 0.6) is 5.75 Å². The first kappa shape index (κ1) is 54.2. The molecule has 13 nitrogen and oxygen atoms in total. The second-order valence-corrected chi connectivity index (χ2v) is 20.1. The quantitative estimate of drug-likeness (QED) is 0.0833. The topological polar surface area (TPSA) is 143 Å². The van der Waals surface area contributed by atoms with Crippen LogP contribution in [0.15, 0.2) is 66.2 Å². The van der Waals surface area contributed by atoms with E-state index < -0.39 is 36.3 Å². The number of methoxy groups -OCH3 is 2. The van der Waals surface area contributed by atoms with Crippen LogP contribution in [0.25, 0.3) is 0 Å². The van der Waals surface area contributed by atoms with E-state index in [9.17, 15) is 19.2 Å². The number of hydrogen-bond donors (Lipinski definition) is 2. The molecule has 3 aromatic rings. The Labute approximate surface area is 399 Å². The van der Waals surface area contributed by atoms with Crippen molar-refractivity contribution in [2.75, 3.05) is 41.4 Å². The van der Waals surface area contributed by atoms with E-state index in [2.05, 4.69) is 46.5 Å². The van der Waals surface area contributed by atoms with E-state index in [1.165, 1.54) is 11.3 Å². The van der Waals surface area contributed by atoms with Crippen LogP contribution in [0.3, 0.4) is 0 Å². The van der Waals surface area contributed by atoms with Crippen LogP contribution >= 0.6 is 11.3 Å². The van der Waals surface area contributed by atoms with Gasteiger partial charge < -0.3 is 34.6 Å². The fourth-order valence-electron chi connectivity index (χ4n) is 9.50. The lowest BCUT2D eigenvalue weighted by molar-refractivity contribution is -0.148. The molecule has 366 valence electrons. The maximum atomic E-state index is 14.7. The van der Waals surface area contributed by atoms with E-state index in [-0.39, 0.29) is 66.0 Å². The van der Waals surface area contributed by atoms with Crippen LogP contribution in [0, 0.1) is 23.7 Å². The number of thiazole rings is 1. The zero-order chi connectivity index (χ0) is 48.7. The summed E-state index contributed by atoms with van der Waals surface area (Å²) in [6.07, 6.45) is 4.23. The summed E-state index contributed by atoms with van der Waals surface area (Å²) in [6, 6.07) is 15.7. The Morgan fingerprint density at radius 1 is 0.864 bits per heavy atom. The number of nitrogens with one attached hydrogen (secondary N) is 2. The van der Waals surface area contributed by atoms with Crippen LogP contribution < -0.4 is 15.4 Å². The molecule has 0 saturated carbocycles. The lowest BCUT2D eigenvalue weighted by Gasteiger charge is -2.41. The Balaban J connectivity index is 1.45. The average molecular weight is 933 g/mol. The number of rotatable bonds is 26. The number of likely N-dealkylation sites (N-methyl/N-ethyl adjacent to an activating group) is 2. The second-order valence-electron chi connectivity index (χ2n) is 19.2. The normalized spacial score (nSPS) is 17.8. The smallest absolute Gasteiger partial charge is 0.245 e. The van der Waals surface area contributed by atoms with Crippen molar-refractivity contribution in [3.05, 3.63) is 82.3 Å². The summed E-state index contributed by atoms with van der Waals surface area (Å²) in [5.41, 5.74) is 2.24. The maximum Gasteiger partial charge on any atom is 0.245 e. The minimum Gasteiger partial charge on any atom is -0.491 e. The van der Waals surface area contributed by atoms with Gasteiger partial charge in [-0.2, -0.15) is 0 Å². The highest BCUT2D eigenvalue weighted by Gasteiger charge is 2.43. The molecule has 4 rings (SSSR count). The van der Waals surface area contributed by atoms with Gasteiger partial charge in [0, 0.05) is 45.9 Å². The van der Waals surface area contributed by atoms with Crippen molar-refractivity contribution in [2.24, 2.45) is 23.7 Å². The lowest BCUT2D eigenvalue weighted by Crippen LogP contribution is -2.60. The van der Waals surface area contributed by atoms with Crippen molar-refractivity contribution in [3.8, 4) is 5.75 Å². The predicted octanol–water partition coefficient (Wildman–Crippen LogP) is 7.59. The van der Waals surface area contributed by atoms with Gasteiger partial charge in [0.15, 0.2) is 0 Å². The molecule has 1 aromatic heterocycles. The van der Waals surface area contributed by atoms with Gasteiger partial charge in [-0.05, 0) is 87.6 Å². The third-order valence-electron chi connectivity index (χ3n) is 13.3. The van der Waals surface area contributed by atoms with Gasteiger partial charge in [0.05, 0.1) is 54.8 Å². The van der Waals surface area contributed by atoms with Gasteiger partial charge >= 0.3 is 0 Å². The molecule has 9 atom stereocenters. The number of ether oxygens (including phenoxy) is 3. The largest absolute Gasteiger partial charge is 0.491 e. The second kappa shape index (κ2) is 26.2. The number of aromatic nitrogens is 1. The molecule has 0 spiro atoms. The Kier molecular flexibility index (Phi) is 21.6. The van der Waals surface area contributed by atoms with Crippen molar-refractivity contribution in [1.29, 1.82) is 0 Å². The number of carbonyl (C=O) groups is 4. The van der Waals surface area contributed by atoms with Crippen molar-refractivity contribution in [1.82, 2.24) is 30.3 Å². The van der Waals surface area contributed by atoms with Crippen LogP contribution in [0.4, 0.5) is 0 Å². The summed E-state index contributed by atoms with van der Waals surface area (Å²) in [5, 5.41) is 9.14. The third-order valence-corrected chi connectivity index (χ3v) is 14.2. The van der Waals surface area contributed by atoms with Gasteiger partial charge in [-0.3, -0.25) is 24.1 Å². The summed E-state index contributed by atoms with van der Waals surface area (Å²) < 4.78 is 18.0. The average Bonchev–Trinajstić information content (AvgIpc) is 4.01. The molecule has 1 aliphatic heterocycles. The van der Waals surface area contributed by atoms with E-state index in [0.717, 1.165) is 41.1 Å². The molecule has 2 N–H and O–H groups in total. The maximum absolute atomic E-state index is 14.7. The molecule has 1 saturated heterocycles. The fraction of sp³-hybridized carbons (Fsp3) is 0.635. The number of carbonyl (C=O) groups excluding carboxylic acids is 4. The summed E-state index contributed by atoms with van der Waals surface area (Å²) in [4.78, 5) is 67.5. The Morgan fingerprint density at radius 3 is 2.11 bits per heavy atom. The molecule has 66 heavy (non-hydrogen) atoms. The number of benzene rings is 2. The molecule has 0 aliphatic carbocycles. The Morgan fingerprint density at radius 2 is 1.55 bits per heavy atom. The molecular formula is C52H80N6O7S. The van der Waals surface area contributed by atoms with Gasteiger partial charge in [0.2, 0.25) is 23.6 Å². The Bertz CT molecular complexity index is 1930. The summed E-state index contributed by atoms with van der Waals surface area (Å²) in [7, 11) is 6.91. The van der Waals surface area contributed by atoms with Gasteiger partial charge in [0.1, 0.15) is 16.8 Å². The fourth-order valence-corrected chi connectivity index (χ4v) is 10.2. The highest BCUT2D eigenvalue weighted by atomic mass is 32.1. The Hall–Kier alpha value is -4.37. The van der Waals surface area contributed by atoms with E-state index in [1.54, 1.807) is 32.4 Å². The van der Waals surface area contributed by atoms with Crippen LogP contribution in [-0.4, -0.2) is 127 Å². The zero-order valence-corrected chi connectivity index (χ0v) is 42.8. The van der Waals surface area contributed by atoms with Gasteiger partial charge in [-0.25, -0.2) is 4.98 Å². The molecule has 0 bridgehead atoms. The molecule has 2 aromatic carbocycles. The third kappa shape index (κ3) is 14.8. The first-order valence-electron chi connectivity index (χ1n) is 24.0. The molecule has 4 amide bonds. The van der Waals surface area contributed by atoms with Crippen LogP contribution in [-0.2, 0) is 41.5 Å². The zero-order valence-electron chi connectivity index (χ0n) is 42.0. The summed E-state index contributed by atoms with van der Waals surface area (Å²) in [6.45, 7) is 19.1. The van der Waals surface area contributed by atoms with E-state index in [4.69, 9.17) is 14.2 Å². The molecule has 0 unspecified atom stereocenters. The number of likely N-dealkylation sites (tertiary alicyclic amines) is 1. The van der Waals surface area contributed by atoms with E-state index >= 15 is 0 Å².